The highest BCUT2D eigenvalue weighted by Gasteiger charge is 2.27. The number of carbonyl (C=O) groups excluding carboxylic acids is 3. The Morgan fingerprint density at radius 1 is 1.06 bits per heavy atom. The van der Waals surface area contributed by atoms with Crippen molar-refractivity contribution in [2.24, 2.45) is 0 Å². The number of benzene rings is 2. The van der Waals surface area contributed by atoms with Gasteiger partial charge in [0.15, 0.2) is 5.69 Å². The molecular weight excluding hydrogens is 437 g/mol. The second-order valence-electron chi connectivity index (χ2n) is 8.24. The SMILES string of the molecule is C[C@@H](NC(=O)c1cc2n(n1)CCCN(Cc1ccccc1)C2=O)C(=O)NCc1ccc(F)cc1. The molecule has 2 aromatic carbocycles. The molecular formula is C25H26FN5O3. The summed E-state index contributed by atoms with van der Waals surface area (Å²) < 4.78 is 14.6. The zero-order valence-electron chi connectivity index (χ0n) is 18.8. The van der Waals surface area contributed by atoms with Gasteiger partial charge < -0.3 is 15.5 Å². The van der Waals surface area contributed by atoms with E-state index in [0.29, 0.717) is 25.3 Å². The third-order valence-corrected chi connectivity index (χ3v) is 5.65. The Labute approximate surface area is 196 Å². The van der Waals surface area contributed by atoms with E-state index in [1.807, 2.05) is 30.3 Å². The molecule has 34 heavy (non-hydrogen) atoms. The Morgan fingerprint density at radius 2 is 1.79 bits per heavy atom. The maximum atomic E-state index is 13.1. The Morgan fingerprint density at radius 3 is 2.53 bits per heavy atom. The number of aryl methyl sites for hydroxylation is 1. The molecule has 0 saturated heterocycles. The molecule has 3 aromatic rings. The first-order chi connectivity index (χ1) is 16.4. The molecule has 0 radical (unpaired) electrons. The summed E-state index contributed by atoms with van der Waals surface area (Å²) in [6, 6.07) is 16.2. The van der Waals surface area contributed by atoms with Gasteiger partial charge in [0.1, 0.15) is 17.6 Å². The van der Waals surface area contributed by atoms with Crippen molar-refractivity contribution in [3.05, 3.63) is 89.0 Å². The molecule has 0 bridgehead atoms. The van der Waals surface area contributed by atoms with E-state index in [0.717, 1.165) is 17.5 Å². The van der Waals surface area contributed by atoms with Crippen LogP contribution in [0.2, 0.25) is 0 Å². The van der Waals surface area contributed by atoms with Crippen molar-refractivity contribution in [1.29, 1.82) is 0 Å². The summed E-state index contributed by atoms with van der Waals surface area (Å²) in [4.78, 5) is 39.9. The highest BCUT2D eigenvalue weighted by atomic mass is 19.1. The summed E-state index contributed by atoms with van der Waals surface area (Å²) in [7, 11) is 0. The van der Waals surface area contributed by atoms with Gasteiger partial charge >= 0.3 is 0 Å². The van der Waals surface area contributed by atoms with Crippen LogP contribution in [0.5, 0.6) is 0 Å². The van der Waals surface area contributed by atoms with E-state index >= 15 is 0 Å². The zero-order chi connectivity index (χ0) is 24.1. The Balaban J connectivity index is 1.37. The van der Waals surface area contributed by atoms with Gasteiger partial charge in [-0.3, -0.25) is 19.1 Å². The number of halogens is 1. The molecule has 0 fully saturated rings. The maximum absolute atomic E-state index is 13.1. The van der Waals surface area contributed by atoms with Crippen LogP contribution in [0.25, 0.3) is 0 Å². The fourth-order valence-corrected chi connectivity index (χ4v) is 3.78. The first-order valence-corrected chi connectivity index (χ1v) is 11.1. The molecule has 176 valence electrons. The summed E-state index contributed by atoms with van der Waals surface area (Å²) in [6.07, 6.45) is 0.719. The van der Waals surface area contributed by atoms with E-state index in [1.54, 1.807) is 28.6 Å². The van der Waals surface area contributed by atoms with Crippen LogP contribution in [-0.2, 0) is 24.4 Å². The van der Waals surface area contributed by atoms with Gasteiger partial charge in [0, 0.05) is 32.2 Å². The van der Waals surface area contributed by atoms with Gasteiger partial charge in [0.2, 0.25) is 5.91 Å². The van der Waals surface area contributed by atoms with Crippen molar-refractivity contribution < 1.29 is 18.8 Å². The number of carbonyl (C=O) groups is 3. The number of nitrogens with zero attached hydrogens (tertiary/aromatic N) is 3. The monoisotopic (exact) mass is 463 g/mol. The lowest BCUT2D eigenvalue weighted by Gasteiger charge is -2.20. The predicted molar refractivity (Wildman–Crippen MR) is 123 cm³/mol. The third kappa shape index (κ3) is 5.48. The van der Waals surface area contributed by atoms with E-state index < -0.39 is 11.9 Å². The zero-order valence-corrected chi connectivity index (χ0v) is 18.8. The number of nitrogens with one attached hydrogen (secondary N) is 2. The molecule has 1 aliphatic rings. The fourth-order valence-electron chi connectivity index (χ4n) is 3.78. The van der Waals surface area contributed by atoms with E-state index in [1.165, 1.54) is 18.2 Å². The molecule has 1 aliphatic heterocycles. The average Bonchev–Trinajstić information content (AvgIpc) is 3.21. The summed E-state index contributed by atoms with van der Waals surface area (Å²) in [6.45, 7) is 3.38. The first kappa shape index (κ1) is 23.2. The van der Waals surface area contributed by atoms with Gasteiger partial charge in [-0.15, -0.1) is 0 Å². The molecule has 4 rings (SSSR count). The van der Waals surface area contributed by atoms with Crippen LogP contribution < -0.4 is 10.6 Å². The van der Waals surface area contributed by atoms with Gasteiger partial charge in [-0.25, -0.2) is 4.39 Å². The highest BCUT2D eigenvalue weighted by molar-refractivity contribution is 5.99. The van der Waals surface area contributed by atoms with Crippen molar-refractivity contribution in [1.82, 2.24) is 25.3 Å². The fraction of sp³-hybridized carbons (Fsp3) is 0.280. The molecule has 0 unspecified atom stereocenters. The molecule has 1 atom stereocenters. The normalized spacial score (nSPS) is 14.2. The van der Waals surface area contributed by atoms with Gasteiger partial charge in [0.05, 0.1) is 0 Å². The molecule has 2 heterocycles. The van der Waals surface area contributed by atoms with Crippen LogP contribution in [-0.4, -0.2) is 45.0 Å². The number of hydrogen-bond acceptors (Lipinski definition) is 4. The predicted octanol–water partition coefficient (Wildman–Crippen LogP) is 2.50. The lowest BCUT2D eigenvalue weighted by atomic mass is 10.2. The Kier molecular flexibility index (Phi) is 7.01. The van der Waals surface area contributed by atoms with Crippen molar-refractivity contribution in [3.8, 4) is 0 Å². The van der Waals surface area contributed by atoms with E-state index in [9.17, 15) is 18.8 Å². The van der Waals surface area contributed by atoms with Gasteiger partial charge in [-0.1, -0.05) is 42.5 Å². The summed E-state index contributed by atoms with van der Waals surface area (Å²) in [5.41, 5.74) is 2.21. The van der Waals surface area contributed by atoms with Gasteiger partial charge in [-0.05, 0) is 36.6 Å². The maximum Gasteiger partial charge on any atom is 0.272 e. The smallest absolute Gasteiger partial charge is 0.272 e. The Hall–Kier alpha value is -4.01. The number of aromatic nitrogens is 2. The van der Waals surface area contributed by atoms with E-state index in [2.05, 4.69) is 15.7 Å². The summed E-state index contributed by atoms with van der Waals surface area (Å²) >= 11 is 0. The van der Waals surface area contributed by atoms with Crippen LogP contribution in [0.3, 0.4) is 0 Å². The van der Waals surface area contributed by atoms with Gasteiger partial charge in [-0.2, -0.15) is 5.10 Å². The van der Waals surface area contributed by atoms with Gasteiger partial charge in [0.25, 0.3) is 11.8 Å². The number of fused-ring (bicyclic) bond motifs is 1. The number of rotatable bonds is 7. The molecule has 0 spiro atoms. The van der Waals surface area contributed by atoms with Crippen LogP contribution >= 0.6 is 0 Å². The van der Waals surface area contributed by atoms with E-state index in [-0.39, 0.29) is 29.9 Å². The highest BCUT2D eigenvalue weighted by Crippen LogP contribution is 2.17. The molecule has 1 aromatic heterocycles. The second-order valence-corrected chi connectivity index (χ2v) is 8.24. The minimum Gasteiger partial charge on any atom is -0.350 e. The van der Waals surface area contributed by atoms with Crippen molar-refractivity contribution in [2.45, 2.75) is 39.0 Å². The lowest BCUT2D eigenvalue weighted by molar-refractivity contribution is -0.122. The first-order valence-electron chi connectivity index (χ1n) is 11.1. The third-order valence-electron chi connectivity index (χ3n) is 5.65. The number of amides is 3. The van der Waals surface area contributed by atoms with Crippen LogP contribution in [0, 0.1) is 5.82 Å². The summed E-state index contributed by atoms with van der Waals surface area (Å²) in [5, 5.41) is 9.63. The van der Waals surface area contributed by atoms with Crippen molar-refractivity contribution in [2.75, 3.05) is 6.54 Å². The van der Waals surface area contributed by atoms with Crippen molar-refractivity contribution in [3.63, 3.8) is 0 Å². The molecule has 3 amide bonds. The largest absolute Gasteiger partial charge is 0.350 e. The van der Waals surface area contributed by atoms with Crippen LogP contribution in [0.15, 0.2) is 60.7 Å². The summed E-state index contributed by atoms with van der Waals surface area (Å²) in [5.74, 6) is -1.45. The molecule has 0 saturated carbocycles. The molecule has 2 N–H and O–H groups in total. The minimum absolute atomic E-state index is 0.0862. The second kappa shape index (κ2) is 10.3. The minimum atomic E-state index is -0.820. The van der Waals surface area contributed by atoms with Crippen LogP contribution in [0.1, 0.15) is 45.4 Å². The quantitative estimate of drug-likeness (QED) is 0.563. The Bertz CT molecular complexity index is 1180. The standard InChI is InChI=1S/C25H26FN5O3/c1-17(23(32)27-15-18-8-10-20(26)11-9-18)28-24(33)21-14-22-25(34)30(12-5-13-31(22)29-21)16-19-6-3-2-4-7-19/h2-4,6-11,14,17H,5,12-13,15-16H2,1H3,(H,27,32)(H,28,33)/t17-/m1/s1. The van der Waals surface area contributed by atoms with Crippen LogP contribution in [0.4, 0.5) is 4.39 Å². The lowest BCUT2D eigenvalue weighted by Crippen LogP contribution is -2.44. The number of hydrogen-bond donors (Lipinski definition) is 2. The van der Waals surface area contributed by atoms with E-state index in [4.69, 9.17) is 0 Å². The van der Waals surface area contributed by atoms with Crippen molar-refractivity contribution >= 4 is 17.7 Å². The topological polar surface area (TPSA) is 96.3 Å². The molecule has 0 aliphatic carbocycles. The molecule has 8 nitrogen and oxygen atoms in total. The molecule has 9 heteroatoms. The average molecular weight is 464 g/mol.